The SMILES string of the molecule is CCOC(=O)c1cnn2c(-c3cccc(N4C(=O)[C@@H]5[C@@H](C4=O)[C@H]4CC[C@@H]5O4)c3)ccnc12. The monoisotopic (exact) mass is 432 g/mol. The first-order valence-corrected chi connectivity index (χ1v) is 10.7. The molecule has 0 N–H and O–H groups in total. The molecule has 2 bridgehead atoms. The molecular formula is C23H20N4O5. The largest absolute Gasteiger partial charge is 0.462 e. The third kappa shape index (κ3) is 2.57. The number of aromatic nitrogens is 3. The molecule has 6 rings (SSSR count). The van der Waals surface area contributed by atoms with Crippen molar-refractivity contribution in [3.8, 4) is 11.3 Å². The van der Waals surface area contributed by atoms with Crippen LogP contribution in [0.25, 0.3) is 16.9 Å². The van der Waals surface area contributed by atoms with Gasteiger partial charge in [-0.3, -0.25) is 9.59 Å². The fourth-order valence-electron chi connectivity index (χ4n) is 5.23. The van der Waals surface area contributed by atoms with E-state index in [0.717, 1.165) is 18.4 Å². The molecule has 0 radical (unpaired) electrons. The van der Waals surface area contributed by atoms with Crippen molar-refractivity contribution in [2.24, 2.45) is 11.8 Å². The molecule has 2 amide bonds. The minimum atomic E-state index is -0.488. The molecule has 1 aromatic carbocycles. The number of carbonyl (C=O) groups excluding carboxylic acids is 3. The standard InChI is InChI=1S/C23H20N4O5/c1-2-31-23(30)14-11-25-27-15(8-9-24-20(14)27)12-4-3-5-13(10-12)26-21(28)18-16-6-7-17(32-16)19(18)22(26)29/h3-5,8-11,16-19H,2,6-7H2,1H3/t16-,17+,18-,19-/m0/s1. The number of benzene rings is 1. The second-order valence-corrected chi connectivity index (χ2v) is 8.25. The average molecular weight is 432 g/mol. The Labute approximate surface area is 182 Å². The van der Waals surface area contributed by atoms with Crippen molar-refractivity contribution in [3.05, 3.63) is 48.3 Å². The smallest absolute Gasteiger partial charge is 0.343 e. The first kappa shape index (κ1) is 19.1. The first-order valence-electron chi connectivity index (χ1n) is 10.7. The van der Waals surface area contributed by atoms with Gasteiger partial charge in [0.1, 0.15) is 5.56 Å². The summed E-state index contributed by atoms with van der Waals surface area (Å²) in [5, 5.41) is 4.32. The van der Waals surface area contributed by atoms with Gasteiger partial charge in [-0.1, -0.05) is 12.1 Å². The van der Waals surface area contributed by atoms with Crippen LogP contribution in [0.2, 0.25) is 0 Å². The number of esters is 1. The number of nitrogens with zero attached hydrogens (tertiary/aromatic N) is 4. The molecule has 3 fully saturated rings. The summed E-state index contributed by atoms with van der Waals surface area (Å²) in [7, 11) is 0. The lowest BCUT2D eigenvalue weighted by atomic mass is 9.81. The van der Waals surface area contributed by atoms with E-state index in [1.807, 2.05) is 6.07 Å². The number of anilines is 1. The van der Waals surface area contributed by atoms with Crippen molar-refractivity contribution >= 4 is 29.1 Å². The molecule has 32 heavy (non-hydrogen) atoms. The molecule has 9 nitrogen and oxygen atoms in total. The minimum absolute atomic E-state index is 0.153. The second-order valence-electron chi connectivity index (χ2n) is 8.25. The van der Waals surface area contributed by atoms with Gasteiger partial charge in [-0.25, -0.2) is 19.2 Å². The van der Waals surface area contributed by atoms with Crippen LogP contribution in [0.4, 0.5) is 5.69 Å². The Kier molecular flexibility index (Phi) is 4.16. The fourth-order valence-corrected chi connectivity index (χ4v) is 5.23. The number of carbonyl (C=O) groups is 3. The van der Waals surface area contributed by atoms with Crippen LogP contribution in [0.15, 0.2) is 42.7 Å². The maximum atomic E-state index is 13.1. The molecule has 5 heterocycles. The summed E-state index contributed by atoms with van der Waals surface area (Å²) in [6, 6.07) is 8.98. The number of rotatable bonds is 4. The molecular weight excluding hydrogens is 412 g/mol. The van der Waals surface area contributed by atoms with E-state index in [9.17, 15) is 14.4 Å². The minimum Gasteiger partial charge on any atom is -0.462 e. The average Bonchev–Trinajstić information content (AvgIpc) is 3.56. The van der Waals surface area contributed by atoms with Crippen LogP contribution in [0.3, 0.4) is 0 Å². The van der Waals surface area contributed by atoms with Gasteiger partial charge in [0, 0.05) is 11.8 Å². The molecule has 0 aliphatic carbocycles. The van der Waals surface area contributed by atoms with Gasteiger partial charge < -0.3 is 9.47 Å². The van der Waals surface area contributed by atoms with Gasteiger partial charge in [0.05, 0.1) is 48.2 Å². The number of ether oxygens (including phenoxy) is 2. The molecule has 9 heteroatoms. The summed E-state index contributed by atoms with van der Waals surface area (Å²) in [5.74, 6) is -1.62. The Morgan fingerprint density at radius 1 is 1.16 bits per heavy atom. The summed E-state index contributed by atoms with van der Waals surface area (Å²) < 4.78 is 12.5. The summed E-state index contributed by atoms with van der Waals surface area (Å²) in [6.45, 7) is 1.99. The summed E-state index contributed by atoms with van der Waals surface area (Å²) in [5.41, 5.74) is 2.59. The van der Waals surface area contributed by atoms with Gasteiger partial charge in [0.15, 0.2) is 5.65 Å². The molecule has 4 atom stereocenters. The van der Waals surface area contributed by atoms with E-state index in [0.29, 0.717) is 17.0 Å². The zero-order valence-electron chi connectivity index (χ0n) is 17.3. The van der Waals surface area contributed by atoms with Gasteiger partial charge >= 0.3 is 5.97 Å². The van der Waals surface area contributed by atoms with Gasteiger partial charge in [-0.05, 0) is 38.0 Å². The highest BCUT2D eigenvalue weighted by molar-refractivity contribution is 6.23. The van der Waals surface area contributed by atoms with E-state index in [-0.39, 0.29) is 48.0 Å². The fraction of sp³-hybridized carbons (Fsp3) is 0.348. The summed E-state index contributed by atoms with van der Waals surface area (Å²) in [4.78, 5) is 44.1. The Bertz CT molecular complexity index is 1260. The van der Waals surface area contributed by atoms with Gasteiger partial charge in [0.2, 0.25) is 11.8 Å². The van der Waals surface area contributed by atoms with E-state index in [4.69, 9.17) is 9.47 Å². The Balaban J connectivity index is 1.39. The first-order chi connectivity index (χ1) is 15.6. The molecule has 0 saturated carbocycles. The normalized spacial score (nSPS) is 26.2. The van der Waals surface area contributed by atoms with Crippen molar-refractivity contribution in [2.45, 2.75) is 32.0 Å². The highest BCUT2D eigenvalue weighted by Gasteiger charge is 2.62. The predicted molar refractivity (Wildman–Crippen MR) is 112 cm³/mol. The lowest BCUT2D eigenvalue weighted by Crippen LogP contribution is -2.34. The van der Waals surface area contributed by atoms with Crippen molar-refractivity contribution in [3.63, 3.8) is 0 Å². The number of hydrogen-bond donors (Lipinski definition) is 0. The van der Waals surface area contributed by atoms with E-state index in [1.54, 1.807) is 41.9 Å². The Morgan fingerprint density at radius 3 is 2.62 bits per heavy atom. The summed E-state index contributed by atoms with van der Waals surface area (Å²) in [6.07, 6.45) is 4.37. The predicted octanol–water partition coefficient (Wildman–Crippen LogP) is 2.24. The van der Waals surface area contributed by atoms with Gasteiger partial charge in [-0.15, -0.1) is 0 Å². The van der Waals surface area contributed by atoms with Crippen molar-refractivity contribution in [1.29, 1.82) is 0 Å². The maximum absolute atomic E-state index is 13.1. The third-order valence-corrected chi connectivity index (χ3v) is 6.58. The van der Waals surface area contributed by atoms with E-state index in [2.05, 4.69) is 10.1 Å². The molecule has 2 aromatic heterocycles. The lowest BCUT2D eigenvalue weighted by molar-refractivity contribution is -0.124. The van der Waals surface area contributed by atoms with Crippen LogP contribution < -0.4 is 4.90 Å². The molecule has 0 unspecified atom stereocenters. The lowest BCUT2D eigenvalue weighted by Gasteiger charge is -2.18. The van der Waals surface area contributed by atoms with Crippen molar-refractivity contribution < 1.29 is 23.9 Å². The van der Waals surface area contributed by atoms with Crippen molar-refractivity contribution in [1.82, 2.24) is 14.6 Å². The van der Waals surface area contributed by atoms with Crippen LogP contribution in [0, 0.1) is 11.8 Å². The topological polar surface area (TPSA) is 103 Å². The van der Waals surface area contributed by atoms with Crippen LogP contribution >= 0.6 is 0 Å². The number of hydrogen-bond acceptors (Lipinski definition) is 7. The second kappa shape index (κ2) is 6.96. The zero-order valence-corrected chi connectivity index (χ0v) is 17.3. The van der Waals surface area contributed by atoms with Gasteiger partial charge in [-0.2, -0.15) is 5.10 Å². The molecule has 0 spiro atoms. The third-order valence-electron chi connectivity index (χ3n) is 6.58. The highest BCUT2D eigenvalue weighted by Crippen LogP contribution is 2.49. The molecule has 3 saturated heterocycles. The highest BCUT2D eigenvalue weighted by atomic mass is 16.5. The van der Waals surface area contributed by atoms with Crippen LogP contribution in [-0.2, 0) is 19.1 Å². The number of imide groups is 1. The molecule has 3 aliphatic rings. The molecule has 3 aromatic rings. The van der Waals surface area contributed by atoms with Crippen molar-refractivity contribution in [2.75, 3.05) is 11.5 Å². The Morgan fingerprint density at radius 2 is 1.91 bits per heavy atom. The van der Waals surface area contributed by atoms with Crippen LogP contribution in [0.5, 0.6) is 0 Å². The summed E-state index contributed by atoms with van der Waals surface area (Å²) >= 11 is 0. The molecule has 162 valence electrons. The van der Waals surface area contributed by atoms with Crippen LogP contribution in [-0.4, -0.2) is 51.2 Å². The van der Waals surface area contributed by atoms with E-state index in [1.165, 1.54) is 11.1 Å². The quantitative estimate of drug-likeness (QED) is 0.460. The van der Waals surface area contributed by atoms with Gasteiger partial charge in [0.25, 0.3) is 0 Å². The molecule has 3 aliphatic heterocycles. The zero-order chi connectivity index (χ0) is 22.0. The van der Waals surface area contributed by atoms with Crippen LogP contribution in [0.1, 0.15) is 30.1 Å². The Hall–Kier alpha value is -3.59. The van der Waals surface area contributed by atoms with E-state index < -0.39 is 5.97 Å². The number of fused-ring (bicyclic) bond motifs is 6. The maximum Gasteiger partial charge on any atom is 0.343 e. The van der Waals surface area contributed by atoms with E-state index >= 15 is 0 Å². The number of amides is 2.